The molecule has 0 fully saturated rings. The van der Waals surface area contributed by atoms with Crippen molar-refractivity contribution in [3.63, 3.8) is 0 Å². The van der Waals surface area contributed by atoms with Crippen LogP contribution in [-0.2, 0) is 13.2 Å². The van der Waals surface area contributed by atoms with E-state index in [1.807, 2.05) is 36.7 Å². The predicted octanol–water partition coefficient (Wildman–Crippen LogP) is 0.753. The molecule has 3 nitrogen and oxygen atoms in total. The fraction of sp³-hybridized carbons (Fsp3) is 0.150. The molecule has 5 heteroatoms. The smallest absolute Gasteiger partial charge is 0.173 e. The zero-order chi connectivity index (χ0) is 16.8. The largest absolute Gasteiger partial charge is 1.00 e. The lowest BCUT2D eigenvalue weighted by atomic mass is 10.2. The summed E-state index contributed by atoms with van der Waals surface area (Å²) in [5.41, 5.74) is 2.27. The maximum atomic E-state index is 12.9. The molecule has 0 N–H and O–H groups in total. The summed E-state index contributed by atoms with van der Waals surface area (Å²) >= 11 is 0. The third-order valence-corrected chi connectivity index (χ3v) is 3.70. The second kappa shape index (κ2) is 9.04. The van der Waals surface area contributed by atoms with Crippen LogP contribution < -0.4 is 26.4 Å². The van der Waals surface area contributed by atoms with Crippen LogP contribution in [0, 0.1) is 5.82 Å². The van der Waals surface area contributed by atoms with Gasteiger partial charge in [-0.1, -0.05) is 0 Å². The van der Waals surface area contributed by atoms with Crippen LogP contribution in [0.4, 0.5) is 4.39 Å². The van der Waals surface area contributed by atoms with Crippen molar-refractivity contribution >= 4 is 0 Å². The number of methoxy groups -OCH3 is 1. The first-order chi connectivity index (χ1) is 11.7. The van der Waals surface area contributed by atoms with Crippen molar-refractivity contribution < 1.29 is 30.8 Å². The minimum atomic E-state index is -0.262. The van der Waals surface area contributed by atoms with E-state index in [-0.39, 0.29) is 18.2 Å². The number of nitrogens with zero attached hydrogens (tertiary/aromatic N) is 1. The van der Waals surface area contributed by atoms with Crippen molar-refractivity contribution in [3.8, 4) is 11.5 Å². The number of hydrogen-bond donors (Lipinski definition) is 0. The van der Waals surface area contributed by atoms with Crippen molar-refractivity contribution in [2.75, 3.05) is 7.11 Å². The highest BCUT2D eigenvalue weighted by Gasteiger charge is 2.04. The molecule has 3 aromatic rings. The lowest BCUT2D eigenvalue weighted by Gasteiger charge is -2.06. The Morgan fingerprint density at radius 3 is 2.00 bits per heavy atom. The Labute approximate surface area is 153 Å². The van der Waals surface area contributed by atoms with Gasteiger partial charge in [-0.2, -0.15) is 0 Å². The summed E-state index contributed by atoms with van der Waals surface area (Å²) in [5, 5.41) is 0. The molecular formula is C20H19ClFNO2. The number of hydrogen-bond acceptors (Lipinski definition) is 2. The van der Waals surface area contributed by atoms with Gasteiger partial charge in [-0.05, 0) is 48.5 Å². The minimum Gasteiger partial charge on any atom is -1.00 e. The molecule has 2 aromatic carbocycles. The molecule has 1 aromatic heterocycles. The van der Waals surface area contributed by atoms with Gasteiger partial charge in [-0.15, -0.1) is 0 Å². The molecule has 0 aliphatic carbocycles. The van der Waals surface area contributed by atoms with Gasteiger partial charge in [-0.25, -0.2) is 8.96 Å². The van der Waals surface area contributed by atoms with E-state index < -0.39 is 0 Å². The average molecular weight is 360 g/mol. The summed E-state index contributed by atoms with van der Waals surface area (Å²) < 4.78 is 25.8. The Morgan fingerprint density at radius 1 is 0.800 bits per heavy atom. The van der Waals surface area contributed by atoms with Gasteiger partial charge in [0.15, 0.2) is 18.9 Å². The number of aromatic nitrogens is 1. The van der Waals surface area contributed by atoms with E-state index in [1.54, 1.807) is 19.2 Å². The molecule has 25 heavy (non-hydrogen) atoms. The SMILES string of the molecule is COc1ccc(C[n+]2ccc(COc3ccc(F)cc3)cc2)cc1.[Cl-]. The van der Waals surface area contributed by atoms with Crippen LogP contribution >= 0.6 is 0 Å². The molecule has 1 heterocycles. The zero-order valence-corrected chi connectivity index (χ0v) is 14.6. The van der Waals surface area contributed by atoms with Gasteiger partial charge in [0.1, 0.15) is 23.9 Å². The minimum absolute atomic E-state index is 0. The average Bonchev–Trinajstić information content (AvgIpc) is 2.63. The molecule has 0 aliphatic heterocycles. The highest BCUT2D eigenvalue weighted by atomic mass is 35.5. The lowest BCUT2D eigenvalue weighted by molar-refractivity contribution is -0.688. The predicted molar refractivity (Wildman–Crippen MR) is 89.5 cm³/mol. The summed E-state index contributed by atoms with van der Waals surface area (Å²) in [6.45, 7) is 1.25. The third-order valence-electron chi connectivity index (χ3n) is 3.70. The first-order valence-electron chi connectivity index (χ1n) is 7.72. The van der Waals surface area contributed by atoms with Crippen molar-refractivity contribution in [2.45, 2.75) is 13.2 Å². The Balaban J connectivity index is 0.00000225. The zero-order valence-electron chi connectivity index (χ0n) is 13.9. The van der Waals surface area contributed by atoms with Crippen molar-refractivity contribution in [3.05, 3.63) is 90.0 Å². The Kier molecular flexibility index (Phi) is 6.78. The summed E-state index contributed by atoms with van der Waals surface area (Å²) in [6, 6.07) is 18.1. The van der Waals surface area contributed by atoms with E-state index in [0.29, 0.717) is 12.4 Å². The standard InChI is InChI=1S/C20H19FNO2.ClH/c1-23-19-6-2-16(3-7-19)14-22-12-10-17(11-13-22)15-24-20-8-4-18(21)5-9-20;/h2-13H,14-15H2,1H3;1H/q+1;/p-1. The van der Waals surface area contributed by atoms with Gasteiger partial charge in [0.05, 0.1) is 7.11 Å². The van der Waals surface area contributed by atoms with Crippen LogP contribution in [0.15, 0.2) is 73.1 Å². The second-order valence-corrected chi connectivity index (χ2v) is 5.47. The third kappa shape index (κ3) is 5.47. The van der Waals surface area contributed by atoms with Crippen LogP contribution in [0.1, 0.15) is 11.1 Å². The monoisotopic (exact) mass is 359 g/mol. The van der Waals surface area contributed by atoms with E-state index in [1.165, 1.54) is 17.7 Å². The fourth-order valence-electron chi connectivity index (χ4n) is 2.33. The first kappa shape index (κ1) is 18.7. The number of benzene rings is 2. The highest BCUT2D eigenvalue weighted by Crippen LogP contribution is 2.13. The first-order valence-corrected chi connectivity index (χ1v) is 7.72. The Hall–Kier alpha value is -2.59. The van der Waals surface area contributed by atoms with E-state index in [2.05, 4.69) is 16.7 Å². The molecule has 0 saturated carbocycles. The molecule has 0 bridgehead atoms. The van der Waals surface area contributed by atoms with Gasteiger partial charge in [-0.3, -0.25) is 0 Å². The van der Waals surface area contributed by atoms with Crippen LogP contribution in [0.2, 0.25) is 0 Å². The quantitative estimate of drug-likeness (QED) is 0.606. The molecule has 0 saturated heterocycles. The van der Waals surface area contributed by atoms with Gasteiger partial charge in [0.25, 0.3) is 0 Å². The van der Waals surface area contributed by atoms with Crippen LogP contribution in [0.25, 0.3) is 0 Å². The fourth-order valence-corrected chi connectivity index (χ4v) is 2.33. The van der Waals surface area contributed by atoms with Crippen LogP contribution in [0.3, 0.4) is 0 Å². The van der Waals surface area contributed by atoms with Crippen LogP contribution in [0.5, 0.6) is 11.5 Å². The van der Waals surface area contributed by atoms with Gasteiger partial charge in [0, 0.05) is 23.3 Å². The number of pyridine rings is 1. The van der Waals surface area contributed by atoms with Crippen molar-refractivity contribution in [2.24, 2.45) is 0 Å². The molecule has 130 valence electrons. The van der Waals surface area contributed by atoms with E-state index in [0.717, 1.165) is 17.9 Å². The maximum absolute atomic E-state index is 12.9. The number of ether oxygens (including phenoxy) is 2. The normalized spacial score (nSPS) is 10.0. The second-order valence-electron chi connectivity index (χ2n) is 5.47. The van der Waals surface area contributed by atoms with Gasteiger partial charge in [0.2, 0.25) is 0 Å². The lowest BCUT2D eigenvalue weighted by Crippen LogP contribution is -3.00. The highest BCUT2D eigenvalue weighted by molar-refractivity contribution is 5.26. The summed E-state index contributed by atoms with van der Waals surface area (Å²) in [7, 11) is 1.66. The van der Waals surface area contributed by atoms with E-state index in [9.17, 15) is 4.39 Å². The Morgan fingerprint density at radius 2 is 1.40 bits per heavy atom. The topological polar surface area (TPSA) is 22.3 Å². The summed E-state index contributed by atoms with van der Waals surface area (Å²) in [6.07, 6.45) is 4.04. The van der Waals surface area contributed by atoms with Crippen molar-refractivity contribution in [1.82, 2.24) is 0 Å². The summed E-state index contributed by atoms with van der Waals surface area (Å²) in [4.78, 5) is 0. The molecule has 0 aliphatic rings. The van der Waals surface area contributed by atoms with Crippen molar-refractivity contribution in [1.29, 1.82) is 0 Å². The molecular weight excluding hydrogens is 341 g/mol. The van der Waals surface area contributed by atoms with Gasteiger partial charge < -0.3 is 21.9 Å². The van der Waals surface area contributed by atoms with Crippen LogP contribution in [-0.4, -0.2) is 7.11 Å². The van der Waals surface area contributed by atoms with Gasteiger partial charge >= 0.3 is 0 Å². The molecule has 0 spiro atoms. The molecule has 3 rings (SSSR count). The summed E-state index contributed by atoms with van der Waals surface area (Å²) in [5.74, 6) is 1.25. The number of halogens is 2. The number of rotatable bonds is 6. The maximum Gasteiger partial charge on any atom is 0.173 e. The Bertz CT molecular complexity index is 774. The molecule has 0 amide bonds. The molecule has 0 atom stereocenters. The van der Waals surface area contributed by atoms with E-state index >= 15 is 0 Å². The molecule has 0 radical (unpaired) electrons. The van der Waals surface area contributed by atoms with E-state index in [4.69, 9.17) is 9.47 Å². The molecule has 0 unspecified atom stereocenters.